The van der Waals surface area contributed by atoms with Crippen LogP contribution in [0.3, 0.4) is 0 Å². The zero-order valence-corrected chi connectivity index (χ0v) is 13.8. The Hall–Kier alpha value is -0.830. The van der Waals surface area contributed by atoms with E-state index in [2.05, 4.69) is 13.8 Å². The maximum Gasteiger partial charge on any atom is 0.139 e. The smallest absolute Gasteiger partial charge is 0.139 e. The Morgan fingerprint density at radius 2 is 1.68 bits per heavy atom. The SMILES string of the molecule is C[C@]12CC[C@H](O)CC1=C(O)C[C@@H]1[C@@H]2CC[C@]2(C)C(=O)CC[C@@H]12. The summed E-state index contributed by atoms with van der Waals surface area (Å²) in [6.45, 7) is 4.48. The Labute approximate surface area is 132 Å². The normalized spacial score (nSPS) is 51.3. The van der Waals surface area contributed by atoms with E-state index in [4.69, 9.17) is 0 Å². The summed E-state index contributed by atoms with van der Waals surface area (Å²) in [5.74, 6) is 2.47. The van der Waals surface area contributed by atoms with Crippen molar-refractivity contribution < 1.29 is 15.0 Å². The molecule has 0 unspecified atom stereocenters. The zero-order valence-electron chi connectivity index (χ0n) is 13.8. The molecule has 22 heavy (non-hydrogen) atoms. The van der Waals surface area contributed by atoms with Crippen molar-refractivity contribution in [2.24, 2.45) is 28.6 Å². The van der Waals surface area contributed by atoms with E-state index in [0.29, 0.717) is 35.7 Å². The molecule has 0 spiro atoms. The molecule has 0 aromatic carbocycles. The van der Waals surface area contributed by atoms with Gasteiger partial charge in [-0.3, -0.25) is 4.79 Å². The van der Waals surface area contributed by atoms with Crippen LogP contribution in [0.15, 0.2) is 11.3 Å². The number of aliphatic hydroxyl groups is 2. The molecule has 4 aliphatic carbocycles. The quantitative estimate of drug-likeness (QED) is 0.716. The van der Waals surface area contributed by atoms with Crippen LogP contribution in [0.2, 0.25) is 0 Å². The number of allylic oxidation sites excluding steroid dienone is 1. The summed E-state index contributed by atoms with van der Waals surface area (Å²) < 4.78 is 0. The third-order valence-corrected chi connectivity index (χ3v) is 7.87. The van der Waals surface area contributed by atoms with Crippen LogP contribution >= 0.6 is 0 Å². The fourth-order valence-electron chi connectivity index (χ4n) is 6.53. The lowest BCUT2D eigenvalue weighted by Gasteiger charge is -2.57. The minimum atomic E-state index is -0.288. The summed E-state index contributed by atoms with van der Waals surface area (Å²) in [7, 11) is 0. The van der Waals surface area contributed by atoms with Crippen molar-refractivity contribution in [3.63, 3.8) is 0 Å². The Balaban J connectivity index is 1.74. The topological polar surface area (TPSA) is 57.5 Å². The van der Waals surface area contributed by atoms with Gasteiger partial charge < -0.3 is 10.2 Å². The first-order valence-corrected chi connectivity index (χ1v) is 8.99. The standard InChI is InChI=1S/C19H28O3/c1-18-7-5-11(20)9-15(18)16(21)10-12-13-3-4-17(22)19(13,2)8-6-14(12)18/h11-14,20-21H,3-10H2,1-2H3/t11-,12-,13-,14-,18+,19-/m0/s1. The zero-order chi connectivity index (χ0) is 15.7. The van der Waals surface area contributed by atoms with Crippen molar-refractivity contribution in [1.82, 2.24) is 0 Å². The molecule has 0 amide bonds. The lowest BCUT2D eigenvalue weighted by molar-refractivity contribution is -0.132. The van der Waals surface area contributed by atoms with Gasteiger partial charge in [0.15, 0.2) is 0 Å². The molecule has 0 aromatic heterocycles. The number of hydrogen-bond donors (Lipinski definition) is 2. The van der Waals surface area contributed by atoms with Crippen molar-refractivity contribution in [2.75, 3.05) is 0 Å². The molecule has 122 valence electrons. The van der Waals surface area contributed by atoms with Crippen LogP contribution in [0.5, 0.6) is 0 Å². The summed E-state index contributed by atoms with van der Waals surface area (Å²) in [6, 6.07) is 0. The second-order valence-corrected chi connectivity index (χ2v) is 8.74. The van der Waals surface area contributed by atoms with E-state index in [9.17, 15) is 15.0 Å². The molecule has 6 atom stereocenters. The molecular formula is C19H28O3. The van der Waals surface area contributed by atoms with Crippen LogP contribution in [-0.2, 0) is 4.79 Å². The third-order valence-electron chi connectivity index (χ3n) is 7.87. The van der Waals surface area contributed by atoms with Gasteiger partial charge in [0.25, 0.3) is 0 Å². The minimum absolute atomic E-state index is 0.0409. The number of carbonyl (C=O) groups is 1. The van der Waals surface area contributed by atoms with Crippen molar-refractivity contribution in [3.8, 4) is 0 Å². The lowest BCUT2D eigenvalue weighted by atomic mass is 9.47. The number of ketones is 1. The molecule has 4 aliphatic rings. The summed E-state index contributed by atoms with van der Waals surface area (Å²) in [5, 5.41) is 20.7. The average molecular weight is 304 g/mol. The molecule has 0 saturated heterocycles. The Morgan fingerprint density at radius 3 is 2.45 bits per heavy atom. The van der Waals surface area contributed by atoms with Crippen molar-refractivity contribution in [3.05, 3.63) is 11.3 Å². The highest BCUT2D eigenvalue weighted by Crippen LogP contribution is 2.64. The molecule has 2 N–H and O–H groups in total. The van der Waals surface area contributed by atoms with E-state index < -0.39 is 0 Å². The lowest BCUT2D eigenvalue weighted by Crippen LogP contribution is -2.51. The predicted molar refractivity (Wildman–Crippen MR) is 84.3 cm³/mol. The predicted octanol–water partition coefficient (Wildman–Crippen LogP) is 3.76. The van der Waals surface area contributed by atoms with Crippen LogP contribution in [0.1, 0.15) is 65.2 Å². The fraction of sp³-hybridized carbons (Fsp3) is 0.842. The van der Waals surface area contributed by atoms with Crippen molar-refractivity contribution >= 4 is 5.78 Å². The van der Waals surface area contributed by atoms with Gasteiger partial charge in [-0.15, -0.1) is 0 Å². The van der Waals surface area contributed by atoms with E-state index in [1.165, 1.54) is 0 Å². The second kappa shape index (κ2) is 4.59. The first kappa shape index (κ1) is 14.7. The van der Waals surface area contributed by atoms with Crippen LogP contribution in [0.4, 0.5) is 0 Å². The Bertz CT molecular complexity index is 551. The number of carbonyl (C=O) groups excluding carboxylic acids is 1. The first-order chi connectivity index (χ1) is 10.4. The van der Waals surface area contributed by atoms with E-state index in [1.54, 1.807) is 0 Å². The van der Waals surface area contributed by atoms with Gasteiger partial charge >= 0.3 is 0 Å². The Morgan fingerprint density at radius 1 is 1.00 bits per heavy atom. The summed E-state index contributed by atoms with van der Waals surface area (Å²) in [4.78, 5) is 12.4. The molecule has 3 saturated carbocycles. The molecule has 0 aliphatic heterocycles. The molecule has 0 aromatic rings. The van der Waals surface area contributed by atoms with Gasteiger partial charge in [0.2, 0.25) is 0 Å². The van der Waals surface area contributed by atoms with E-state index >= 15 is 0 Å². The first-order valence-electron chi connectivity index (χ1n) is 8.99. The minimum Gasteiger partial charge on any atom is -0.512 e. The summed E-state index contributed by atoms with van der Waals surface area (Å²) in [6.07, 6.45) is 6.78. The summed E-state index contributed by atoms with van der Waals surface area (Å²) >= 11 is 0. The summed E-state index contributed by atoms with van der Waals surface area (Å²) in [5.41, 5.74) is 1.03. The van der Waals surface area contributed by atoms with Gasteiger partial charge in [-0.05, 0) is 67.3 Å². The van der Waals surface area contributed by atoms with Gasteiger partial charge in [-0.25, -0.2) is 0 Å². The highest BCUT2D eigenvalue weighted by atomic mass is 16.3. The van der Waals surface area contributed by atoms with Gasteiger partial charge in [0, 0.05) is 18.3 Å². The van der Waals surface area contributed by atoms with Crippen LogP contribution in [-0.4, -0.2) is 22.1 Å². The number of Topliss-reactive ketones (excluding diaryl/α,β-unsaturated/α-hetero) is 1. The van der Waals surface area contributed by atoms with E-state index in [0.717, 1.165) is 50.5 Å². The van der Waals surface area contributed by atoms with Gasteiger partial charge in [-0.2, -0.15) is 0 Å². The van der Waals surface area contributed by atoms with Crippen molar-refractivity contribution in [1.29, 1.82) is 0 Å². The van der Waals surface area contributed by atoms with Crippen LogP contribution in [0, 0.1) is 28.6 Å². The number of hydrogen-bond acceptors (Lipinski definition) is 3. The molecule has 4 rings (SSSR count). The van der Waals surface area contributed by atoms with Gasteiger partial charge in [0.05, 0.1) is 11.9 Å². The number of rotatable bonds is 0. The van der Waals surface area contributed by atoms with Gasteiger partial charge in [0.1, 0.15) is 5.78 Å². The maximum atomic E-state index is 12.4. The van der Waals surface area contributed by atoms with Gasteiger partial charge in [-0.1, -0.05) is 13.8 Å². The van der Waals surface area contributed by atoms with E-state index in [-0.39, 0.29) is 16.9 Å². The fourth-order valence-corrected chi connectivity index (χ4v) is 6.53. The highest BCUT2D eigenvalue weighted by molar-refractivity contribution is 5.87. The second-order valence-electron chi connectivity index (χ2n) is 8.74. The maximum absolute atomic E-state index is 12.4. The molecular weight excluding hydrogens is 276 g/mol. The van der Waals surface area contributed by atoms with Crippen LogP contribution in [0.25, 0.3) is 0 Å². The van der Waals surface area contributed by atoms with Crippen LogP contribution < -0.4 is 0 Å². The number of fused-ring (bicyclic) bond motifs is 5. The molecule has 0 bridgehead atoms. The average Bonchev–Trinajstić information content (AvgIpc) is 2.77. The van der Waals surface area contributed by atoms with Crippen molar-refractivity contribution in [2.45, 2.75) is 71.3 Å². The molecule has 3 fully saturated rings. The molecule has 0 radical (unpaired) electrons. The largest absolute Gasteiger partial charge is 0.512 e. The number of aliphatic hydroxyl groups excluding tert-OH is 2. The molecule has 3 heteroatoms. The van der Waals surface area contributed by atoms with E-state index in [1.807, 2.05) is 0 Å². The highest BCUT2D eigenvalue weighted by Gasteiger charge is 2.59. The monoisotopic (exact) mass is 304 g/mol. The molecule has 3 nitrogen and oxygen atoms in total. The Kier molecular flexibility index (Phi) is 3.08. The molecule has 0 heterocycles. The third kappa shape index (κ3) is 1.75.